The van der Waals surface area contributed by atoms with Gasteiger partial charge in [0.15, 0.2) is 0 Å². The first-order chi connectivity index (χ1) is 13.2. The van der Waals surface area contributed by atoms with E-state index in [1.165, 1.54) is 0 Å². The second kappa shape index (κ2) is 8.20. The number of anilines is 1. The van der Waals surface area contributed by atoms with Crippen LogP contribution in [0.25, 0.3) is 0 Å². The maximum absolute atomic E-state index is 12.6. The van der Waals surface area contributed by atoms with Crippen LogP contribution in [-0.2, 0) is 14.3 Å². The molecule has 1 aliphatic heterocycles. The van der Waals surface area contributed by atoms with Crippen LogP contribution in [0.3, 0.4) is 0 Å². The van der Waals surface area contributed by atoms with Gasteiger partial charge in [0, 0.05) is 30.7 Å². The van der Waals surface area contributed by atoms with Gasteiger partial charge >= 0.3 is 17.9 Å². The number of benzene rings is 1. The molecule has 7 heteroatoms. The zero-order valence-electron chi connectivity index (χ0n) is 16.7. The number of para-hydroxylation sites is 1. The summed E-state index contributed by atoms with van der Waals surface area (Å²) in [5, 5.41) is 5.62. The lowest BCUT2D eigenvalue weighted by molar-refractivity contribution is -0.142. The van der Waals surface area contributed by atoms with Crippen LogP contribution in [0.4, 0.5) is 10.5 Å². The van der Waals surface area contributed by atoms with Crippen LogP contribution >= 0.6 is 0 Å². The third-order valence-corrected chi connectivity index (χ3v) is 5.31. The number of hydrogen-bond acceptors (Lipinski definition) is 4. The molecule has 1 aromatic carbocycles. The number of nitrogens with zero attached hydrogens (tertiary/aromatic N) is 1. The third kappa shape index (κ3) is 5.03. The van der Waals surface area contributed by atoms with E-state index in [1.807, 2.05) is 26.8 Å². The lowest BCUT2D eigenvalue weighted by atomic mass is 9.78. The summed E-state index contributed by atoms with van der Waals surface area (Å²) in [5.74, 6) is -0.701. The highest BCUT2D eigenvalue weighted by atomic mass is 16.6. The van der Waals surface area contributed by atoms with Crippen LogP contribution in [0.1, 0.15) is 40.0 Å². The number of ether oxygens (including phenoxy) is 1. The number of nitrogens with one attached hydrogen (secondary N) is 2. The number of hydrogen-bond donors (Lipinski definition) is 2. The predicted octanol–water partition coefficient (Wildman–Crippen LogP) is 2.78. The molecule has 2 N–H and O–H groups in total. The van der Waals surface area contributed by atoms with E-state index in [1.54, 1.807) is 29.2 Å². The maximum atomic E-state index is 12.6. The van der Waals surface area contributed by atoms with E-state index in [9.17, 15) is 14.4 Å². The summed E-state index contributed by atoms with van der Waals surface area (Å²) < 4.78 is 5.37. The Kier molecular flexibility index (Phi) is 5.91. The van der Waals surface area contributed by atoms with Gasteiger partial charge < -0.3 is 20.3 Å². The molecular weight excluding hydrogens is 358 g/mol. The molecule has 1 saturated heterocycles. The highest BCUT2D eigenvalue weighted by Crippen LogP contribution is 2.36. The Morgan fingerprint density at radius 2 is 1.79 bits per heavy atom. The number of rotatable bonds is 2. The minimum Gasteiger partial charge on any atom is -0.444 e. The molecule has 1 aliphatic carbocycles. The predicted molar refractivity (Wildman–Crippen MR) is 106 cm³/mol. The molecule has 7 nitrogen and oxygen atoms in total. The Balaban J connectivity index is 1.59. The van der Waals surface area contributed by atoms with E-state index in [0.717, 1.165) is 19.3 Å². The van der Waals surface area contributed by atoms with Gasteiger partial charge in [-0.25, -0.2) is 4.79 Å². The maximum Gasteiger partial charge on any atom is 0.407 e. The summed E-state index contributed by atoms with van der Waals surface area (Å²) in [5.41, 5.74) is 0.0488. The van der Waals surface area contributed by atoms with Crippen molar-refractivity contribution in [1.82, 2.24) is 10.2 Å². The largest absolute Gasteiger partial charge is 0.444 e. The number of fused-ring (bicyclic) bond motifs is 1. The van der Waals surface area contributed by atoms with Crippen LogP contribution in [0, 0.1) is 11.8 Å². The summed E-state index contributed by atoms with van der Waals surface area (Å²) in [6, 6.07) is 8.91. The van der Waals surface area contributed by atoms with Gasteiger partial charge in [0.1, 0.15) is 5.60 Å². The molecule has 0 unspecified atom stereocenters. The average Bonchev–Trinajstić information content (AvgIpc) is 3.05. The molecule has 0 spiro atoms. The van der Waals surface area contributed by atoms with E-state index >= 15 is 0 Å². The van der Waals surface area contributed by atoms with Crippen molar-refractivity contribution in [2.24, 2.45) is 11.8 Å². The normalized spacial score (nSPS) is 24.2. The van der Waals surface area contributed by atoms with Crippen molar-refractivity contribution in [1.29, 1.82) is 0 Å². The molecular formula is C21H29N3O4. The van der Waals surface area contributed by atoms with E-state index < -0.39 is 23.5 Å². The second-order valence-corrected chi connectivity index (χ2v) is 8.64. The zero-order chi connectivity index (χ0) is 20.3. The van der Waals surface area contributed by atoms with Crippen molar-refractivity contribution >= 4 is 23.6 Å². The van der Waals surface area contributed by atoms with Gasteiger partial charge in [-0.05, 0) is 51.7 Å². The number of carbonyl (C=O) groups excluding carboxylic acids is 3. The molecule has 3 atom stereocenters. The highest BCUT2D eigenvalue weighted by molar-refractivity contribution is 6.39. The van der Waals surface area contributed by atoms with Crippen LogP contribution in [0.2, 0.25) is 0 Å². The topological polar surface area (TPSA) is 87.7 Å². The van der Waals surface area contributed by atoms with E-state index in [2.05, 4.69) is 10.6 Å². The van der Waals surface area contributed by atoms with Gasteiger partial charge in [-0.15, -0.1) is 0 Å². The standard InChI is InChI=1S/C21H29N3O4/c1-21(2,3)28-20(27)23-17-11-7-8-14-12-24(13-16(14)17)19(26)18(25)22-15-9-5-4-6-10-15/h4-6,9-10,14,16-17H,7-8,11-13H2,1-3H3,(H,22,25)(H,23,27)/t14-,16+,17-/m1/s1. The first-order valence-corrected chi connectivity index (χ1v) is 9.88. The summed E-state index contributed by atoms with van der Waals surface area (Å²) in [6.07, 6.45) is 2.42. The van der Waals surface area contributed by atoms with Gasteiger partial charge in [-0.3, -0.25) is 9.59 Å². The van der Waals surface area contributed by atoms with Gasteiger partial charge in [0.25, 0.3) is 0 Å². The molecule has 0 aromatic heterocycles. The van der Waals surface area contributed by atoms with Gasteiger partial charge in [0.05, 0.1) is 0 Å². The third-order valence-electron chi connectivity index (χ3n) is 5.31. The van der Waals surface area contributed by atoms with E-state index in [0.29, 0.717) is 24.7 Å². The van der Waals surface area contributed by atoms with Crippen molar-refractivity contribution in [3.63, 3.8) is 0 Å². The highest BCUT2D eigenvalue weighted by Gasteiger charge is 2.43. The van der Waals surface area contributed by atoms with E-state index in [4.69, 9.17) is 4.74 Å². The minimum absolute atomic E-state index is 0.0383. The monoisotopic (exact) mass is 387 g/mol. The fraction of sp³-hybridized carbons (Fsp3) is 0.571. The first kappa shape index (κ1) is 20.2. The minimum atomic E-state index is -0.624. The first-order valence-electron chi connectivity index (χ1n) is 9.88. The zero-order valence-corrected chi connectivity index (χ0v) is 16.7. The molecule has 1 heterocycles. The molecule has 1 aromatic rings. The molecule has 28 heavy (non-hydrogen) atoms. The Bertz CT molecular complexity index is 729. The number of amides is 3. The van der Waals surface area contributed by atoms with Crippen LogP contribution in [0.15, 0.2) is 30.3 Å². The second-order valence-electron chi connectivity index (χ2n) is 8.64. The molecule has 2 fully saturated rings. The fourth-order valence-electron chi connectivity index (χ4n) is 4.13. The molecule has 0 radical (unpaired) electrons. The number of carbonyl (C=O) groups is 3. The lowest BCUT2D eigenvalue weighted by Gasteiger charge is -2.33. The molecule has 3 amide bonds. The Morgan fingerprint density at radius 1 is 1.07 bits per heavy atom. The Hall–Kier alpha value is -2.57. The Labute approximate surface area is 165 Å². The number of likely N-dealkylation sites (tertiary alicyclic amines) is 1. The summed E-state index contributed by atoms with van der Waals surface area (Å²) in [6.45, 7) is 6.52. The van der Waals surface area contributed by atoms with Crippen molar-refractivity contribution in [3.05, 3.63) is 30.3 Å². The van der Waals surface area contributed by atoms with Gasteiger partial charge in [0.2, 0.25) is 0 Å². The molecule has 152 valence electrons. The molecule has 3 rings (SSSR count). The molecule has 0 bridgehead atoms. The van der Waals surface area contributed by atoms with E-state index in [-0.39, 0.29) is 12.0 Å². The lowest BCUT2D eigenvalue weighted by Crippen LogP contribution is -2.47. The smallest absolute Gasteiger partial charge is 0.407 e. The summed E-state index contributed by atoms with van der Waals surface area (Å²) >= 11 is 0. The van der Waals surface area contributed by atoms with Crippen molar-refractivity contribution < 1.29 is 19.1 Å². The van der Waals surface area contributed by atoms with Crippen LogP contribution in [0.5, 0.6) is 0 Å². The molecule has 1 saturated carbocycles. The van der Waals surface area contributed by atoms with Crippen LogP contribution < -0.4 is 10.6 Å². The summed E-state index contributed by atoms with van der Waals surface area (Å²) in [7, 11) is 0. The average molecular weight is 387 g/mol. The van der Waals surface area contributed by atoms with Gasteiger partial charge in [-0.2, -0.15) is 0 Å². The fourth-order valence-corrected chi connectivity index (χ4v) is 4.13. The van der Waals surface area contributed by atoms with Crippen LogP contribution in [-0.4, -0.2) is 47.5 Å². The Morgan fingerprint density at radius 3 is 2.46 bits per heavy atom. The summed E-state index contributed by atoms with van der Waals surface area (Å²) in [4.78, 5) is 38.7. The van der Waals surface area contributed by atoms with Gasteiger partial charge in [-0.1, -0.05) is 24.6 Å². The SMILES string of the molecule is CC(C)(C)OC(=O)N[C@@H]1CCC[C@@H]2CN(C(=O)C(=O)Nc3ccccc3)C[C@@H]21. The molecule has 2 aliphatic rings. The van der Waals surface area contributed by atoms with Crippen molar-refractivity contribution in [2.45, 2.75) is 51.7 Å². The quantitative estimate of drug-likeness (QED) is 0.764. The van der Waals surface area contributed by atoms with Crippen molar-refractivity contribution in [2.75, 3.05) is 18.4 Å². The van der Waals surface area contributed by atoms with Crippen molar-refractivity contribution in [3.8, 4) is 0 Å². The number of alkyl carbamates (subject to hydrolysis) is 1.